The lowest BCUT2D eigenvalue weighted by molar-refractivity contribution is -0.147. The van der Waals surface area contributed by atoms with Crippen LogP contribution in [-0.2, 0) is 20.9 Å². The van der Waals surface area contributed by atoms with Crippen molar-refractivity contribution in [3.8, 4) is 0 Å². The number of hydrogen-bond acceptors (Lipinski definition) is 4. The Morgan fingerprint density at radius 3 is 2.21 bits per heavy atom. The van der Waals surface area contributed by atoms with Crippen LogP contribution in [0.2, 0.25) is 0 Å². The number of carbonyl (C=O) groups excluding carboxylic acids is 3. The minimum atomic E-state index is -0.226. The first-order chi connectivity index (χ1) is 14.0. The Morgan fingerprint density at radius 2 is 1.59 bits per heavy atom. The average Bonchev–Trinajstić information content (AvgIpc) is 3.40. The summed E-state index contributed by atoms with van der Waals surface area (Å²) in [5, 5.41) is 0. The molecule has 3 amide bonds. The van der Waals surface area contributed by atoms with Gasteiger partial charge in [-0.25, -0.2) is 0 Å². The van der Waals surface area contributed by atoms with Crippen molar-refractivity contribution >= 4 is 17.7 Å². The first kappa shape index (κ1) is 18.6. The molecule has 4 unspecified atom stereocenters. The topological polar surface area (TPSA) is 60.9 Å². The third-order valence-corrected chi connectivity index (χ3v) is 7.24. The van der Waals surface area contributed by atoms with Gasteiger partial charge < -0.3 is 4.90 Å². The van der Waals surface area contributed by atoms with Gasteiger partial charge in [0.05, 0.1) is 11.8 Å². The number of rotatable bonds is 4. The summed E-state index contributed by atoms with van der Waals surface area (Å²) in [7, 11) is 0. The molecule has 0 aromatic heterocycles. The van der Waals surface area contributed by atoms with Gasteiger partial charge in [0.2, 0.25) is 17.7 Å². The molecular weight excluding hydrogens is 366 g/mol. The normalized spacial score (nSPS) is 31.1. The van der Waals surface area contributed by atoms with Crippen LogP contribution in [0.1, 0.15) is 17.5 Å². The van der Waals surface area contributed by atoms with Crippen LogP contribution in [0.5, 0.6) is 0 Å². The van der Waals surface area contributed by atoms with Gasteiger partial charge >= 0.3 is 0 Å². The third kappa shape index (κ3) is 3.10. The number of allylic oxidation sites excluding steroid dienone is 2. The monoisotopic (exact) mass is 393 g/mol. The second kappa shape index (κ2) is 7.10. The summed E-state index contributed by atoms with van der Waals surface area (Å²) in [6.07, 6.45) is 5.07. The number of benzene rings is 1. The van der Waals surface area contributed by atoms with Crippen molar-refractivity contribution in [3.63, 3.8) is 0 Å². The Kier molecular flexibility index (Phi) is 4.54. The van der Waals surface area contributed by atoms with E-state index in [0.717, 1.165) is 26.1 Å². The van der Waals surface area contributed by atoms with Gasteiger partial charge in [0, 0.05) is 32.7 Å². The largest absolute Gasteiger partial charge is 0.339 e. The fourth-order valence-electron chi connectivity index (χ4n) is 5.54. The van der Waals surface area contributed by atoms with Crippen LogP contribution in [-0.4, -0.2) is 65.1 Å². The molecule has 3 fully saturated rings. The van der Waals surface area contributed by atoms with E-state index in [-0.39, 0.29) is 47.9 Å². The van der Waals surface area contributed by atoms with Gasteiger partial charge in [-0.2, -0.15) is 0 Å². The Morgan fingerprint density at radius 1 is 0.966 bits per heavy atom. The minimum Gasteiger partial charge on any atom is -0.339 e. The molecule has 29 heavy (non-hydrogen) atoms. The van der Waals surface area contributed by atoms with Crippen molar-refractivity contribution < 1.29 is 14.4 Å². The van der Waals surface area contributed by atoms with Gasteiger partial charge in [-0.1, -0.05) is 36.4 Å². The molecule has 1 aromatic rings. The van der Waals surface area contributed by atoms with Crippen molar-refractivity contribution in [2.75, 3.05) is 32.7 Å². The molecule has 2 aliphatic heterocycles. The van der Waals surface area contributed by atoms with E-state index in [1.54, 1.807) is 4.90 Å². The molecule has 2 bridgehead atoms. The van der Waals surface area contributed by atoms with Gasteiger partial charge in [-0.05, 0) is 36.3 Å². The molecule has 5 rings (SSSR count). The van der Waals surface area contributed by atoms with E-state index in [1.807, 2.05) is 6.07 Å². The van der Waals surface area contributed by atoms with Crippen molar-refractivity contribution in [1.29, 1.82) is 0 Å². The standard InChI is InChI=1S/C23H27N3O3/c1-15-4-2-3-5-18(15)13-24-8-10-25(11-9-24)19(27)14-26-22(28)20-16-6-7-17(12-16)21(20)23(26)29/h2-7,16-17,20-21H,8-14H2,1H3. The maximum absolute atomic E-state index is 12.8. The molecule has 4 atom stereocenters. The highest BCUT2D eigenvalue weighted by Crippen LogP contribution is 2.52. The summed E-state index contributed by atoms with van der Waals surface area (Å²) in [6, 6.07) is 8.38. The number of piperazine rings is 1. The number of carbonyl (C=O) groups is 3. The zero-order valence-electron chi connectivity index (χ0n) is 16.8. The van der Waals surface area contributed by atoms with E-state index < -0.39 is 0 Å². The highest BCUT2D eigenvalue weighted by atomic mass is 16.2. The van der Waals surface area contributed by atoms with Gasteiger partial charge in [0.25, 0.3) is 0 Å². The fourth-order valence-corrected chi connectivity index (χ4v) is 5.54. The number of hydrogen-bond donors (Lipinski definition) is 0. The SMILES string of the molecule is Cc1ccccc1CN1CCN(C(=O)CN2C(=O)C3C4C=CC(C4)C3C2=O)CC1. The molecular formula is C23H27N3O3. The van der Waals surface area contributed by atoms with Crippen molar-refractivity contribution in [2.45, 2.75) is 19.9 Å². The maximum atomic E-state index is 12.8. The van der Waals surface area contributed by atoms with Crippen LogP contribution in [0.4, 0.5) is 0 Å². The van der Waals surface area contributed by atoms with Crippen molar-refractivity contribution in [2.24, 2.45) is 23.7 Å². The quantitative estimate of drug-likeness (QED) is 0.574. The molecule has 4 aliphatic rings. The highest BCUT2D eigenvalue weighted by molar-refractivity contribution is 6.08. The lowest BCUT2D eigenvalue weighted by atomic mass is 9.85. The lowest BCUT2D eigenvalue weighted by Gasteiger charge is -2.35. The highest BCUT2D eigenvalue weighted by Gasteiger charge is 2.59. The van der Waals surface area contributed by atoms with E-state index >= 15 is 0 Å². The molecule has 1 aromatic carbocycles. The van der Waals surface area contributed by atoms with Crippen LogP contribution in [0.15, 0.2) is 36.4 Å². The number of amides is 3. The zero-order valence-corrected chi connectivity index (χ0v) is 16.8. The summed E-state index contributed by atoms with van der Waals surface area (Å²) < 4.78 is 0. The number of aryl methyl sites for hydroxylation is 1. The molecule has 2 heterocycles. The zero-order chi connectivity index (χ0) is 20.1. The molecule has 6 nitrogen and oxygen atoms in total. The van der Waals surface area contributed by atoms with E-state index in [2.05, 4.69) is 42.2 Å². The van der Waals surface area contributed by atoms with Crippen molar-refractivity contribution in [1.82, 2.24) is 14.7 Å². The van der Waals surface area contributed by atoms with Gasteiger partial charge in [0.15, 0.2) is 0 Å². The number of imide groups is 1. The van der Waals surface area contributed by atoms with Crippen LogP contribution in [0.25, 0.3) is 0 Å². The first-order valence-corrected chi connectivity index (χ1v) is 10.6. The Labute approximate surface area is 171 Å². The first-order valence-electron chi connectivity index (χ1n) is 10.6. The Bertz CT molecular complexity index is 857. The molecule has 152 valence electrons. The van der Waals surface area contributed by atoms with Gasteiger partial charge in [-0.3, -0.25) is 24.2 Å². The van der Waals surface area contributed by atoms with E-state index in [9.17, 15) is 14.4 Å². The predicted octanol–water partition coefficient (Wildman–Crippen LogP) is 1.45. The summed E-state index contributed by atoms with van der Waals surface area (Å²) in [6.45, 7) is 5.80. The Balaban J connectivity index is 1.16. The van der Waals surface area contributed by atoms with E-state index in [1.165, 1.54) is 16.0 Å². The summed E-state index contributed by atoms with van der Waals surface area (Å²) in [5.41, 5.74) is 2.60. The third-order valence-electron chi connectivity index (χ3n) is 7.24. The van der Waals surface area contributed by atoms with E-state index in [4.69, 9.17) is 0 Å². The minimum absolute atomic E-state index is 0.0953. The molecule has 2 saturated heterocycles. The smallest absolute Gasteiger partial charge is 0.242 e. The number of fused-ring (bicyclic) bond motifs is 5. The molecule has 0 spiro atoms. The predicted molar refractivity (Wildman–Crippen MR) is 107 cm³/mol. The molecule has 0 radical (unpaired) electrons. The second-order valence-electron chi connectivity index (χ2n) is 8.85. The van der Waals surface area contributed by atoms with Crippen molar-refractivity contribution in [3.05, 3.63) is 47.5 Å². The lowest BCUT2D eigenvalue weighted by Crippen LogP contribution is -2.51. The molecule has 1 saturated carbocycles. The summed E-state index contributed by atoms with van der Waals surface area (Å²) in [4.78, 5) is 43.8. The number of likely N-dealkylation sites (tertiary alicyclic amines) is 1. The summed E-state index contributed by atoms with van der Waals surface area (Å²) in [5.74, 6) is -0.458. The second-order valence-corrected chi connectivity index (χ2v) is 8.85. The van der Waals surface area contributed by atoms with Gasteiger partial charge in [0.1, 0.15) is 6.54 Å². The Hall–Kier alpha value is -2.47. The van der Waals surface area contributed by atoms with Crippen LogP contribution in [0.3, 0.4) is 0 Å². The molecule has 0 N–H and O–H groups in total. The van der Waals surface area contributed by atoms with Crippen LogP contribution < -0.4 is 0 Å². The van der Waals surface area contributed by atoms with Crippen LogP contribution in [0, 0.1) is 30.6 Å². The molecule has 2 aliphatic carbocycles. The molecule has 6 heteroatoms. The number of nitrogens with zero attached hydrogens (tertiary/aromatic N) is 3. The van der Waals surface area contributed by atoms with E-state index in [0.29, 0.717) is 13.1 Å². The maximum Gasteiger partial charge on any atom is 0.242 e. The fraction of sp³-hybridized carbons (Fsp3) is 0.522. The van der Waals surface area contributed by atoms with Crippen LogP contribution >= 0.6 is 0 Å². The van der Waals surface area contributed by atoms with Gasteiger partial charge in [-0.15, -0.1) is 0 Å². The average molecular weight is 393 g/mol. The summed E-state index contributed by atoms with van der Waals surface area (Å²) >= 11 is 0.